The second-order valence-corrected chi connectivity index (χ2v) is 4.98. The van der Waals surface area contributed by atoms with E-state index in [-0.39, 0.29) is 29.8 Å². The molecule has 126 valence electrons. The predicted octanol–water partition coefficient (Wildman–Crippen LogP) is 3.04. The Morgan fingerprint density at radius 2 is 1.83 bits per heavy atom. The van der Waals surface area contributed by atoms with Crippen molar-refractivity contribution in [3.05, 3.63) is 60.2 Å². The zero-order valence-corrected chi connectivity index (χ0v) is 15.7. The van der Waals surface area contributed by atoms with E-state index in [1.165, 1.54) is 12.1 Å². The molecule has 1 aromatic heterocycles. The fourth-order valence-electron chi connectivity index (χ4n) is 2.11. The van der Waals surface area contributed by atoms with Crippen molar-refractivity contribution in [2.24, 2.45) is 4.99 Å². The predicted molar refractivity (Wildman–Crippen MR) is 104 cm³/mol. The van der Waals surface area contributed by atoms with Gasteiger partial charge in [-0.3, -0.25) is 4.99 Å². The Bertz CT molecular complexity index is 567. The number of nitrogens with zero attached hydrogens (tertiary/aromatic N) is 2. The highest BCUT2D eigenvalue weighted by atomic mass is 127. The number of benzene rings is 1. The Balaban J connectivity index is 0.00000264. The van der Waals surface area contributed by atoms with Gasteiger partial charge in [0.05, 0.1) is 0 Å². The Morgan fingerprint density at radius 3 is 2.48 bits per heavy atom. The Kier molecular flexibility index (Phi) is 9.35. The second-order valence-electron chi connectivity index (χ2n) is 4.98. The summed E-state index contributed by atoms with van der Waals surface area (Å²) in [5, 5.41) is 6.54. The highest BCUT2D eigenvalue weighted by Crippen LogP contribution is 2.03. The summed E-state index contributed by atoms with van der Waals surface area (Å²) in [6, 6.07) is 10.6. The number of nitrogens with one attached hydrogen (secondary N) is 2. The molecule has 4 nitrogen and oxygen atoms in total. The van der Waals surface area contributed by atoms with E-state index in [0.29, 0.717) is 6.54 Å². The average Bonchev–Trinajstić information content (AvgIpc) is 3.02. The van der Waals surface area contributed by atoms with Gasteiger partial charge in [0.15, 0.2) is 5.96 Å². The molecule has 23 heavy (non-hydrogen) atoms. The smallest absolute Gasteiger partial charge is 0.191 e. The fourth-order valence-corrected chi connectivity index (χ4v) is 2.11. The summed E-state index contributed by atoms with van der Waals surface area (Å²) in [4.78, 5) is 4.54. The SMILES string of the molecule is CCNC(=NCCc1ccc(F)cc1)NCCn1cccc1.I. The van der Waals surface area contributed by atoms with Gasteiger partial charge >= 0.3 is 0 Å². The van der Waals surface area contributed by atoms with Crippen LogP contribution < -0.4 is 10.6 Å². The molecule has 0 bridgehead atoms. The molecule has 0 saturated heterocycles. The maximum Gasteiger partial charge on any atom is 0.191 e. The van der Waals surface area contributed by atoms with Crippen molar-refractivity contribution in [3.63, 3.8) is 0 Å². The van der Waals surface area contributed by atoms with E-state index in [4.69, 9.17) is 0 Å². The zero-order chi connectivity index (χ0) is 15.6. The molecule has 2 rings (SSSR count). The summed E-state index contributed by atoms with van der Waals surface area (Å²) < 4.78 is 15.0. The third kappa shape index (κ3) is 7.49. The molecular weight excluding hydrogens is 406 g/mol. The van der Waals surface area contributed by atoms with Crippen molar-refractivity contribution in [1.29, 1.82) is 0 Å². The minimum atomic E-state index is -0.202. The number of hydrogen-bond acceptors (Lipinski definition) is 1. The van der Waals surface area contributed by atoms with Crippen molar-refractivity contribution >= 4 is 29.9 Å². The Hall–Kier alpha value is -1.57. The molecule has 2 N–H and O–H groups in total. The summed E-state index contributed by atoms with van der Waals surface area (Å²) in [5.74, 6) is 0.615. The van der Waals surface area contributed by atoms with Crippen molar-refractivity contribution in [1.82, 2.24) is 15.2 Å². The summed E-state index contributed by atoms with van der Waals surface area (Å²) in [5.41, 5.74) is 1.09. The molecule has 6 heteroatoms. The lowest BCUT2D eigenvalue weighted by molar-refractivity contribution is 0.627. The monoisotopic (exact) mass is 430 g/mol. The van der Waals surface area contributed by atoms with E-state index < -0.39 is 0 Å². The number of hydrogen-bond donors (Lipinski definition) is 2. The molecule has 0 fully saturated rings. The van der Waals surface area contributed by atoms with Crippen LogP contribution in [0.1, 0.15) is 12.5 Å². The number of aliphatic imine (C=N–C) groups is 1. The van der Waals surface area contributed by atoms with Crippen molar-refractivity contribution in [2.45, 2.75) is 19.9 Å². The van der Waals surface area contributed by atoms with E-state index in [2.05, 4.69) is 20.2 Å². The fraction of sp³-hybridized carbons (Fsp3) is 0.353. The Labute approximate surface area is 154 Å². The minimum Gasteiger partial charge on any atom is -0.357 e. The van der Waals surface area contributed by atoms with Crippen LogP contribution in [0.2, 0.25) is 0 Å². The summed E-state index contributed by atoms with van der Waals surface area (Å²) in [6.45, 7) is 5.26. The van der Waals surface area contributed by atoms with Crippen molar-refractivity contribution in [2.75, 3.05) is 19.6 Å². The topological polar surface area (TPSA) is 41.4 Å². The molecule has 0 unspecified atom stereocenters. The van der Waals surface area contributed by atoms with E-state index >= 15 is 0 Å². The van der Waals surface area contributed by atoms with Gasteiger partial charge in [0.1, 0.15) is 5.82 Å². The van der Waals surface area contributed by atoms with Crippen LogP contribution in [0, 0.1) is 5.82 Å². The van der Waals surface area contributed by atoms with Gasteiger partial charge in [0, 0.05) is 38.6 Å². The average molecular weight is 430 g/mol. The van der Waals surface area contributed by atoms with Gasteiger partial charge < -0.3 is 15.2 Å². The highest BCUT2D eigenvalue weighted by Gasteiger charge is 1.98. The van der Waals surface area contributed by atoms with Crippen LogP contribution in [0.5, 0.6) is 0 Å². The second kappa shape index (κ2) is 11.0. The molecule has 0 aliphatic heterocycles. The van der Waals surface area contributed by atoms with Gasteiger partial charge in [-0.25, -0.2) is 4.39 Å². The third-order valence-corrected chi connectivity index (χ3v) is 3.26. The van der Waals surface area contributed by atoms with Crippen LogP contribution in [0.15, 0.2) is 53.8 Å². The minimum absolute atomic E-state index is 0. The van der Waals surface area contributed by atoms with Crippen molar-refractivity contribution in [3.8, 4) is 0 Å². The largest absolute Gasteiger partial charge is 0.357 e. The molecule has 0 saturated carbocycles. The lowest BCUT2D eigenvalue weighted by Gasteiger charge is -2.11. The standard InChI is InChI=1S/C17H23FN4.HI/c1-2-19-17(21-11-14-22-12-3-4-13-22)20-10-9-15-5-7-16(18)8-6-15;/h3-8,12-13H,2,9-11,14H2,1H3,(H2,19,20,21);1H. The molecule has 0 atom stereocenters. The summed E-state index contributed by atoms with van der Waals surface area (Å²) in [6.07, 6.45) is 4.88. The molecule has 1 heterocycles. The summed E-state index contributed by atoms with van der Waals surface area (Å²) in [7, 11) is 0. The maximum absolute atomic E-state index is 12.8. The van der Waals surface area contributed by atoms with Gasteiger partial charge in [0.25, 0.3) is 0 Å². The number of halogens is 2. The van der Waals surface area contributed by atoms with E-state index in [9.17, 15) is 4.39 Å². The number of rotatable bonds is 7. The van der Waals surface area contributed by atoms with Gasteiger partial charge in [-0.2, -0.15) is 0 Å². The first-order chi connectivity index (χ1) is 10.8. The maximum atomic E-state index is 12.8. The zero-order valence-electron chi connectivity index (χ0n) is 13.3. The van der Waals surface area contributed by atoms with Gasteiger partial charge in [-0.1, -0.05) is 12.1 Å². The molecule has 1 aromatic carbocycles. The molecule has 0 aliphatic carbocycles. The number of guanidine groups is 1. The molecule has 0 amide bonds. The van der Waals surface area contributed by atoms with Crippen LogP contribution in [0.4, 0.5) is 4.39 Å². The van der Waals surface area contributed by atoms with Gasteiger partial charge in [-0.05, 0) is 43.2 Å². The summed E-state index contributed by atoms with van der Waals surface area (Å²) >= 11 is 0. The highest BCUT2D eigenvalue weighted by molar-refractivity contribution is 14.0. The first kappa shape index (κ1) is 19.5. The van der Waals surface area contributed by atoms with Crippen LogP contribution >= 0.6 is 24.0 Å². The normalized spacial score (nSPS) is 11.0. The molecule has 2 aromatic rings. The molecule has 0 spiro atoms. The molecule has 0 aliphatic rings. The Morgan fingerprint density at radius 1 is 1.13 bits per heavy atom. The van der Waals surface area contributed by atoms with E-state index in [0.717, 1.165) is 37.6 Å². The third-order valence-electron chi connectivity index (χ3n) is 3.26. The molecule has 0 radical (unpaired) electrons. The van der Waals surface area contributed by atoms with E-state index in [1.807, 2.05) is 31.5 Å². The van der Waals surface area contributed by atoms with Crippen LogP contribution in [-0.2, 0) is 13.0 Å². The number of aromatic nitrogens is 1. The van der Waals surface area contributed by atoms with Gasteiger partial charge in [0.2, 0.25) is 0 Å². The van der Waals surface area contributed by atoms with Crippen molar-refractivity contribution < 1.29 is 4.39 Å². The lowest BCUT2D eigenvalue weighted by Crippen LogP contribution is -2.39. The molecular formula is C17H24FIN4. The first-order valence-electron chi connectivity index (χ1n) is 7.65. The van der Waals surface area contributed by atoms with Gasteiger partial charge in [-0.15, -0.1) is 24.0 Å². The van der Waals surface area contributed by atoms with Crippen LogP contribution in [0.25, 0.3) is 0 Å². The lowest BCUT2D eigenvalue weighted by atomic mass is 10.1. The van der Waals surface area contributed by atoms with E-state index in [1.54, 1.807) is 12.1 Å². The quantitative estimate of drug-likeness (QED) is 0.403. The first-order valence-corrected chi connectivity index (χ1v) is 7.65. The van der Waals surface area contributed by atoms with Crippen LogP contribution in [0.3, 0.4) is 0 Å². The van der Waals surface area contributed by atoms with Crippen LogP contribution in [-0.4, -0.2) is 30.2 Å².